The Morgan fingerprint density at radius 2 is 1.47 bits per heavy atom. The maximum Gasteiger partial charge on any atom is 0.284 e. The van der Waals surface area contributed by atoms with E-state index in [-0.39, 0.29) is 60.0 Å². The topological polar surface area (TPSA) is 251 Å². The summed E-state index contributed by atoms with van der Waals surface area (Å²) >= 11 is 2.99. The van der Waals surface area contributed by atoms with Crippen molar-refractivity contribution in [2.45, 2.75) is 194 Å². The van der Waals surface area contributed by atoms with E-state index in [2.05, 4.69) is 35.3 Å². The number of sulfonamides is 1. The predicted molar refractivity (Wildman–Crippen MR) is 373 cm³/mol. The third kappa shape index (κ3) is 15.7. The molecule has 6 aliphatic rings. The number of β-amino-alcohol motifs (C(OH)–C–C–N with tert-alkyl or cyclic N) is 1. The summed E-state index contributed by atoms with van der Waals surface area (Å²) in [6, 6.07) is 23.1. The van der Waals surface area contributed by atoms with E-state index in [4.69, 9.17) is 10.1 Å². The van der Waals surface area contributed by atoms with Gasteiger partial charge in [0.2, 0.25) is 27.7 Å². The van der Waals surface area contributed by atoms with Crippen molar-refractivity contribution >= 4 is 83.4 Å². The molecule has 19 nitrogen and oxygen atoms in total. The van der Waals surface area contributed by atoms with Gasteiger partial charge in [0.15, 0.2) is 5.13 Å². The van der Waals surface area contributed by atoms with Crippen LogP contribution in [0.2, 0.25) is 0 Å². The molecule has 13 rings (SSSR count). The molecule has 4 bridgehead atoms. The zero-order valence-electron chi connectivity index (χ0n) is 55.6. The van der Waals surface area contributed by atoms with Gasteiger partial charge in [-0.05, 0) is 160 Å². The second kappa shape index (κ2) is 28.7. The van der Waals surface area contributed by atoms with Gasteiger partial charge in [0.25, 0.3) is 11.8 Å². The lowest BCUT2D eigenvalue weighted by molar-refractivity contribution is -0.144. The van der Waals surface area contributed by atoms with Crippen LogP contribution >= 0.6 is 22.7 Å². The number of aliphatic hydroxyl groups excluding tert-OH is 1. The second-order valence-electron chi connectivity index (χ2n) is 28.9. The van der Waals surface area contributed by atoms with Crippen LogP contribution in [0.15, 0.2) is 90.6 Å². The minimum Gasteiger partial charge on any atom is -0.391 e. The largest absolute Gasteiger partial charge is 0.391 e. The van der Waals surface area contributed by atoms with Crippen molar-refractivity contribution in [3.8, 4) is 21.6 Å². The number of hydrogen-bond acceptors (Lipinski definition) is 15. The summed E-state index contributed by atoms with van der Waals surface area (Å²) in [6.07, 6.45) is 16.7. The highest BCUT2D eigenvalue weighted by Gasteiger charge is 2.51. The molecule has 0 radical (unpaired) electrons. The van der Waals surface area contributed by atoms with Crippen LogP contribution in [0.25, 0.3) is 31.8 Å². The third-order valence-electron chi connectivity index (χ3n) is 20.6. The van der Waals surface area contributed by atoms with E-state index in [1.807, 2.05) is 131 Å². The molecular weight excluding hydrogens is 1260 g/mol. The summed E-state index contributed by atoms with van der Waals surface area (Å²) in [6.45, 7) is 13.3. The molecule has 4 atom stereocenters. The average molecular weight is 1350 g/mol. The van der Waals surface area contributed by atoms with Crippen LogP contribution in [0.3, 0.4) is 0 Å². The number of aromatic nitrogens is 5. The number of fused-ring (bicyclic) bond motifs is 2. The van der Waals surface area contributed by atoms with Crippen molar-refractivity contribution in [3.05, 3.63) is 130 Å². The molecule has 504 valence electrons. The molecule has 7 aromatic rings. The number of para-hydroxylation sites is 1. The van der Waals surface area contributed by atoms with E-state index in [1.54, 1.807) is 17.5 Å². The summed E-state index contributed by atoms with van der Waals surface area (Å²) < 4.78 is 33.2. The number of rotatable bonds is 26. The molecule has 1 saturated heterocycles. The van der Waals surface area contributed by atoms with Gasteiger partial charge in [-0.1, -0.05) is 126 Å². The van der Waals surface area contributed by atoms with Gasteiger partial charge < -0.3 is 25.5 Å². The minimum absolute atomic E-state index is 0.00318. The van der Waals surface area contributed by atoms with Gasteiger partial charge in [0, 0.05) is 61.4 Å². The summed E-state index contributed by atoms with van der Waals surface area (Å²) in [5.41, 5.74) is 9.69. The fraction of sp³-hybridized carbons (Fsp3) is 0.521. The van der Waals surface area contributed by atoms with Crippen LogP contribution in [-0.2, 0) is 43.9 Å². The van der Waals surface area contributed by atoms with Crippen LogP contribution in [0.4, 0.5) is 10.9 Å². The fourth-order valence-electron chi connectivity index (χ4n) is 16.1. The van der Waals surface area contributed by atoms with E-state index < -0.39 is 45.4 Å². The second-order valence-corrected chi connectivity index (χ2v) is 32.6. The van der Waals surface area contributed by atoms with Crippen LogP contribution in [0, 0.1) is 42.4 Å². The highest BCUT2D eigenvalue weighted by atomic mass is 32.2. The number of unbranched alkanes of at least 4 members (excludes halogenated alkanes) is 8. The lowest BCUT2D eigenvalue weighted by Gasteiger charge is -2.56. The van der Waals surface area contributed by atoms with E-state index in [0.717, 1.165) is 117 Å². The van der Waals surface area contributed by atoms with Crippen molar-refractivity contribution in [1.82, 2.24) is 45.0 Å². The van der Waals surface area contributed by atoms with Gasteiger partial charge in [-0.3, -0.25) is 34.0 Å². The number of nitrogens with one attached hydrogen (secondary N) is 4. The molecule has 4 saturated carbocycles. The number of amides is 5. The molecule has 2 aliphatic heterocycles. The molecule has 5 amide bonds. The summed E-state index contributed by atoms with van der Waals surface area (Å²) in [7, 11) is -4.06. The van der Waals surface area contributed by atoms with Crippen molar-refractivity contribution < 1.29 is 37.5 Å². The highest BCUT2D eigenvalue weighted by Crippen LogP contribution is 2.60. The first-order valence-corrected chi connectivity index (χ1v) is 37.6. The van der Waals surface area contributed by atoms with Crippen molar-refractivity contribution in [2.24, 2.45) is 28.6 Å². The number of nitrogens with zero attached hydrogens (tertiary/aromatic N) is 7. The normalized spacial score (nSPS) is 21.4. The summed E-state index contributed by atoms with van der Waals surface area (Å²) in [5, 5.41) is 25.3. The molecular formula is C73H91N11O8S3. The maximum atomic E-state index is 14.6. The lowest BCUT2D eigenvalue weighted by Crippen LogP contribution is -2.57. The lowest BCUT2D eigenvalue weighted by atomic mass is 9.49. The maximum absolute atomic E-state index is 14.6. The van der Waals surface area contributed by atoms with Crippen LogP contribution in [0.5, 0.6) is 0 Å². The summed E-state index contributed by atoms with van der Waals surface area (Å²) in [4.78, 5) is 88.6. The SMILES string of the molecule is Cc1ncsc1-c1ccc([C@H](C)NC(=O)[C@@H]2C[C@@H](O)CN2C(=O)C(NC(=O)CCCCCCCCCCCS(=O)(=O)NC(=O)c2nc(N3CCc4cccc(C(=O)Nc5nc6ccccc6s5)c4C3)ccc2-c2cnn(CC34CC5CC(CC(C5)C3)C4)c2C)C(C)(C)C)cc1. The first-order valence-electron chi connectivity index (χ1n) is 34.3. The highest BCUT2D eigenvalue weighted by molar-refractivity contribution is 7.90. The molecule has 4 aliphatic carbocycles. The number of hydrogen-bond donors (Lipinski definition) is 5. The predicted octanol–water partition coefficient (Wildman–Crippen LogP) is 12.7. The molecule has 1 unspecified atom stereocenters. The Kier molecular flexibility index (Phi) is 20.4. The van der Waals surface area contributed by atoms with Crippen molar-refractivity contribution in [2.75, 3.05) is 29.1 Å². The number of benzene rings is 3. The smallest absolute Gasteiger partial charge is 0.284 e. The Labute approximate surface area is 566 Å². The number of thiazole rings is 2. The Morgan fingerprint density at radius 3 is 2.16 bits per heavy atom. The first kappa shape index (κ1) is 67.6. The third-order valence-corrected chi connectivity index (χ3v) is 23.9. The Morgan fingerprint density at radius 1 is 0.779 bits per heavy atom. The van der Waals surface area contributed by atoms with Gasteiger partial charge in [0.05, 0.1) is 50.4 Å². The van der Waals surface area contributed by atoms with Crippen LogP contribution in [0.1, 0.15) is 192 Å². The summed E-state index contributed by atoms with van der Waals surface area (Å²) in [5.74, 6) is 0.580. The zero-order chi connectivity index (χ0) is 66.8. The van der Waals surface area contributed by atoms with Crippen molar-refractivity contribution in [3.63, 3.8) is 0 Å². The van der Waals surface area contributed by atoms with Crippen LogP contribution in [-0.4, -0.2) is 110 Å². The molecule has 22 heteroatoms. The number of likely N-dealkylation sites (tertiary alicyclic amines) is 1. The van der Waals surface area contributed by atoms with E-state index in [0.29, 0.717) is 60.8 Å². The number of carbonyl (C=O) groups excluding carboxylic acids is 5. The number of pyridine rings is 1. The quantitative estimate of drug-likeness (QED) is 0.0317. The number of anilines is 2. The molecule has 6 heterocycles. The van der Waals surface area contributed by atoms with E-state index in [9.17, 15) is 37.5 Å². The fourth-order valence-corrected chi connectivity index (χ4v) is 18.8. The molecule has 3 aromatic carbocycles. The Bertz CT molecular complexity index is 4010. The molecule has 4 aromatic heterocycles. The number of carbonyl (C=O) groups is 5. The van der Waals surface area contributed by atoms with Gasteiger partial charge in [-0.15, -0.1) is 11.3 Å². The van der Waals surface area contributed by atoms with Gasteiger partial charge in [-0.2, -0.15) is 5.10 Å². The van der Waals surface area contributed by atoms with Gasteiger partial charge >= 0.3 is 0 Å². The monoisotopic (exact) mass is 1350 g/mol. The standard InChI is InChI=1S/C73H91N11O8S3/c1-45(51-24-26-53(27-25-51)65-46(2)74-44-93-65)76-68(88)60-36-54(85)41-83(60)70(90)66(72(4,5)6)79-63(86)23-14-12-10-8-7-9-11-13-17-32-95(91,92)81-69(89)64-55(57-40-75-84(47(57)3)43-73-37-48-33-49(38-73)35-50(34-48)39-73)28-29-62(78-64)82-31-30-52-19-18-20-56(58(52)42-82)67(87)80-71-77-59-21-15-16-22-61(59)94-71/h15-16,18-22,24-29,40,44-45,48-50,54,60,66,85H,7-14,17,23,30-39,41-43H2,1-6H3,(H,76,88)(H,79,86)(H,81,89)(H,77,80,87)/t45-,48?,49?,50?,54+,60-,66?,73?/m0/s1. The zero-order valence-corrected chi connectivity index (χ0v) is 58.1. The molecule has 0 spiro atoms. The number of aryl methyl sites for hydroxylation is 1. The van der Waals surface area contributed by atoms with E-state index >= 15 is 0 Å². The molecule has 5 fully saturated rings. The van der Waals surface area contributed by atoms with Gasteiger partial charge in [0.1, 0.15) is 23.6 Å². The Balaban J connectivity index is 0.611. The van der Waals surface area contributed by atoms with Crippen LogP contribution < -0.4 is 25.6 Å². The Hall–Kier alpha value is -7.40. The van der Waals surface area contributed by atoms with Crippen molar-refractivity contribution in [1.29, 1.82) is 0 Å². The number of aliphatic hydroxyl groups is 1. The molecule has 5 N–H and O–H groups in total. The van der Waals surface area contributed by atoms with Gasteiger partial charge in [-0.25, -0.2) is 28.1 Å². The molecule has 95 heavy (non-hydrogen) atoms. The first-order chi connectivity index (χ1) is 45.6. The average Bonchev–Trinajstić information content (AvgIpc) is 1.58. The van der Waals surface area contributed by atoms with E-state index in [1.165, 1.54) is 54.8 Å². The minimum atomic E-state index is -4.06.